The zero-order valence-electron chi connectivity index (χ0n) is 22.4. The number of benzene rings is 2. The molecule has 36 heavy (non-hydrogen) atoms. The molecular formula is C31H40N2O3. The van der Waals surface area contributed by atoms with E-state index < -0.39 is 0 Å². The van der Waals surface area contributed by atoms with Gasteiger partial charge in [0.05, 0.1) is 12.1 Å². The summed E-state index contributed by atoms with van der Waals surface area (Å²) < 4.78 is 13.9. The molecule has 0 unspecified atom stereocenters. The number of ether oxygens (including phenoxy) is 2. The Morgan fingerprint density at radius 3 is 2.50 bits per heavy atom. The van der Waals surface area contributed by atoms with E-state index in [9.17, 15) is 4.79 Å². The number of nitrogens with one attached hydrogen (secondary N) is 1. The molecule has 0 saturated heterocycles. The fraction of sp³-hybridized carbons (Fsp3) is 0.387. The van der Waals surface area contributed by atoms with E-state index in [4.69, 9.17) is 9.47 Å². The van der Waals surface area contributed by atoms with Crippen molar-refractivity contribution in [2.24, 2.45) is 7.05 Å². The molecule has 2 aromatic carbocycles. The lowest BCUT2D eigenvalue weighted by Gasteiger charge is -2.17. The van der Waals surface area contributed by atoms with Crippen molar-refractivity contribution in [3.05, 3.63) is 87.7 Å². The highest BCUT2D eigenvalue weighted by molar-refractivity contribution is 5.90. The van der Waals surface area contributed by atoms with Crippen LogP contribution in [-0.2, 0) is 13.6 Å². The zero-order valence-corrected chi connectivity index (χ0v) is 22.4. The number of hydrogen-bond acceptors (Lipinski definition) is 4. The lowest BCUT2D eigenvalue weighted by Crippen LogP contribution is -2.21. The fourth-order valence-corrected chi connectivity index (χ4v) is 3.94. The highest BCUT2D eigenvalue weighted by Crippen LogP contribution is 2.34. The van der Waals surface area contributed by atoms with Crippen LogP contribution < -0.4 is 20.3 Å². The van der Waals surface area contributed by atoms with Crippen LogP contribution in [-0.4, -0.2) is 17.8 Å². The molecule has 0 aliphatic carbocycles. The normalized spacial score (nSPS) is 11.4. The minimum atomic E-state index is -0.182. The lowest BCUT2D eigenvalue weighted by molar-refractivity contribution is 0.275. The van der Waals surface area contributed by atoms with Gasteiger partial charge in [0.15, 0.2) is 5.75 Å². The Labute approximate surface area is 215 Å². The molecule has 0 aliphatic rings. The van der Waals surface area contributed by atoms with E-state index in [0.29, 0.717) is 31.3 Å². The quantitative estimate of drug-likeness (QED) is 0.201. The summed E-state index contributed by atoms with van der Waals surface area (Å²) in [6.07, 6.45) is 8.22. The van der Waals surface area contributed by atoms with Crippen LogP contribution in [0, 0.1) is 0 Å². The summed E-state index contributed by atoms with van der Waals surface area (Å²) >= 11 is 0. The average Bonchev–Trinajstić information content (AvgIpc) is 2.87. The van der Waals surface area contributed by atoms with Crippen LogP contribution in [0.1, 0.15) is 58.9 Å². The smallest absolute Gasteiger partial charge is 0.297 e. The SMILES string of the molecule is CCCCOc1c(OCC=C(C)CCC=C(C)C)c2ccc(NCc3ccccc3)cc2n(C)c1=O. The Morgan fingerprint density at radius 2 is 1.78 bits per heavy atom. The van der Waals surface area contributed by atoms with E-state index in [1.807, 2.05) is 36.4 Å². The molecule has 192 valence electrons. The molecule has 1 N–H and O–H groups in total. The van der Waals surface area contributed by atoms with Gasteiger partial charge in [-0.15, -0.1) is 0 Å². The van der Waals surface area contributed by atoms with Crippen molar-refractivity contribution in [2.45, 2.75) is 59.9 Å². The van der Waals surface area contributed by atoms with Gasteiger partial charge in [0, 0.05) is 24.7 Å². The number of rotatable bonds is 13. The molecule has 0 fully saturated rings. The predicted octanol–water partition coefficient (Wildman–Crippen LogP) is 7.40. The van der Waals surface area contributed by atoms with Gasteiger partial charge in [-0.25, -0.2) is 0 Å². The first kappa shape index (κ1) is 27.1. The van der Waals surface area contributed by atoms with Gasteiger partial charge in [-0.05, 0) is 69.9 Å². The second-order valence-electron chi connectivity index (χ2n) is 9.48. The summed E-state index contributed by atoms with van der Waals surface area (Å²) in [6.45, 7) is 10.0. The van der Waals surface area contributed by atoms with Crippen molar-refractivity contribution in [2.75, 3.05) is 18.5 Å². The van der Waals surface area contributed by atoms with Crippen LogP contribution in [0.5, 0.6) is 11.5 Å². The van der Waals surface area contributed by atoms with Gasteiger partial charge in [0.1, 0.15) is 6.61 Å². The predicted molar refractivity (Wildman–Crippen MR) is 151 cm³/mol. The average molecular weight is 489 g/mol. The summed E-state index contributed by atoms with van der Waals surface area (Å²) in [5.41, 5.74) is 5.36. The fourth-order valence-electron chi connectivity index (χ4n) is 3.94. The number of anilines is 1. The Balaban J connectivity index is 1.89. The highest BCUT2D eigenvalue weighted by atomic mass is 16.5. The molecule has 0 bridgehead atoms. The third-order valence-electron chi connectivity index (χ3n) is 6.14. The van der Waals surface area contributed by atoms with Crippen LogP contribution in [0.3, 0.4) is 0 Å². The Kier molecular flexibility index (Phi) is 10.2. The van der Waals surface area contributed by atoms with Crippen molar-refractivity contribution < 1.29 is 9.47 Å². The van der Waals surface area contributed by atoms with Crippen molar-refractivity contribution >= 4 is 16.6 Å². The third kappa shape index (κ3) is 7.51. The van der Waals surface area contributed by atoms with Crippen molar-refractivity contribution in [3.8, 4) is 11.5 Å². The highest BCUT2D eigenvalue weighted by Gasteiger charge is 2.18. The largest absolute Gasteiger partial charge is 0.485 e. The number of nitrogens with zero attached hydrogens (tertiary/aromatic N) is 1. The number of fused-ring (bicyclic) bond motifs is 1. The van der Waals surface area contributed by atoms with E-state index in [-0.39, 0.29) is 5.56 Å². The Hall–Kier alpha value is -3.47. The van der Waals surface area contributed by atoms with Gasteiger partial charge in [-0.2, -0.15) is 0 Å². The number of allylic oxidation sites excluding steroid dienone is 3. The number of aryl methyl sites for hydroxylation is 1. The van der Waals surface area contributed by atoms with Gasteiger partial charge in [-0.3, -0.25) is 4.79 Å². The van der Waals surface area contributed by atoms with E-state index >= 15 is 0 Å². The monoisotopic (exact) mass is 488 g/mol. The molecule has 0 amide bonds. The van der Waals surface area contributed by atoms with E-state index in [1.54, 1.807) is 11.6 Å². The van der Waals surface area contributed by atoms with E-state index in [0.717, 1.165) is 42.3 Å². The number of aromatic nitrogens is 1. The van der Waals surface area contributed by atoms with Gasteiger partial charge in [-0.1, -0.05) is 60.9 Å². The van der Waals surface area contributed by atoms with Crippen LogP contribution >= 0.6 is 0 Å². The maximum absolute atomic E-state index is 13.3. The first-order chi connectivity index (χ1) is 17.4. The van der Waals surface area contributed by atoms with Crippen molar-refractivity contribution in [3.63, 3.8) is 0 Å². The van der Waals surface area contributed by atoms with Gasteiger partial charge in [0.2, 0.25) is 5.75 Å². The molecule has 1 heterocycles. The molecule has 0 spiro atoms. The van der Waals surface area contributed by atoms with E-state index in [1.165, 1.54) is 16.7 Å². The zero-order chi connectivity index (χ0) is 25.9. The molecule has 0 radical (unpaired) electrons. The third-order valence-corrected chi connectivity index (χ3v) is 6.14. The number of unbranched alkanes of at least 4 members (excludes halogenated alkanes) is 1. The molecule has 1 aromatic heterocycles. The maximum Gasteiger partial charge on any atom is 0.297 e. The second kappa shape index (κ2) is 13.6. The maximum atomic E-state index is 13.3. The molecule has 5 heteroatoms. The topological polar surface area (TPSA) is 52.5 Å². The molecule has 3 rings (SSSR count). The van der Waals surface area contributed by atoms with E-state index in [2.05, 4.69) is 57.3 Å². The summed E-state index contributed by atoms with van der Waals surface area (Å²) in [5.74, 6) is 0.811. The standard InChI is InChI=1S/C31H40N2O3/c1-6-7-19-35-30-29(36-20-18-24(4)13-11-12-23(2)3)27-17-16-26(21-28(27)33(5)31(30)34)32-22-25-14-9-8-10-15-25/h8-10,12,14-18,21,32H,6-7,11,13,19-20,22H2,1-5H3. The molecule has 5 nitrogen and oxygen atoms in total. The first-order valence-corrected chi connectivity index (χ1v) is 12.9. The summed E-state index contributed by atoms with van der Waals surface area (Å²) in [4.78, 5) is 13.3. The van der Waals surface area contributed by atoms with Crippen LogP contribution in [0.4, 0.5) is 5.69 Å². The van der Waals surface area contributed by atoms with Crippen LogP contribution in [0.2, 0.25) is 0 Å². The van der Waals surface area contributed by atoms with Gasteiger partial charge < -0.3 is 19.4 Å². The van der Waals surface area contributed by atoms with Crippen molar-refractivity contribution in [1.82, 2.24) is 4.57 Å². The van der Waals surface area contributed by atoms with Gasteiger partial charge >= 0.3 is 0 Å². The van der Waals surface area contributed by atoms with Crippen LogP contribution in [0.15, 0.2) is 76.6 Å². The molecule has 0 atom stereocenters. The lowest BCUT2D eigenvalue weighted by atomic mass is 10.1. The second-order valence-corrected chi connectivity index (χ2v) is 9.48. The first-order valence-electron chi connectivity index (χ1n) is 12.9. The molecule has 3 aromatic rings. The Bertz CT molecular complexity index is 1250. The minimum absolute atomic E-state index is 0.182. The molecular weight excluding hydrogens is 448 g/mol. The number of hydrogen-bond donors (Lipinski definition) is 1. The summed E-state index contributed by atoms with van der Waals surface area (Å²) in [7, 11) is 1.79. The number of pyridine rings is 1. The molecule has 0 aliphatic heterocycles. The molecule has 0 saturated carbocycles. The summed E-state index contributed by atoms with van der Waals surface area (Å²) in [6, 6.07) is 16.3. The van der Waals surface area contributed by atoms with Crippen LogP contribution in [0.25, 0.3) is 10.9 Å². The Morgan fingerprint density at radius 1 is 1.00 bits per heavy atom. The minimum Gasteiger partial charge on any atom is -0.485 e. The van der Waals surface area contributed by atoms with Crippen molar-refractivity contribution in [1.29, 1.82) is 0 Å². The summed E-state index contributed by atoms with van der Waals surface area (Å²) in [5, 5.41) is 4.32. The van der Waals surface area contributed by atoms with Gasteiger partial charge in [0.25, 0.3) is 5.56 Å².